The summed E-state index contributed by atoms with van der Waals surface area (Å²) in [7, 11) is 1.74. The van der Waals surface area contributed by atoms with Crippen molar-refractivity contribution in [2.24, 2.45) is 4.99 Å². The van der Waals surface area contributed by atoms with Crippen molar-refractivity contribution < 1.29 is 9.47 Å². The van der Waals surface area contributed by atoms with Crippen molar-refractivity contribution in [3.8, 4) is 5.88 Å². The summed E-state index contributed by atoms with van der Waals surface area (Å²) in [4.78, 5) is 15.2. The zero-order valence-electron chi connectivity index (χ0n) is 14.6. The number of hydrogen-bond acceptors (Lipinski definition) is 6. The molecule has 1 aromatic carbocycles. The number of rotatable bonds is 5. The van der Waals surface area contributed by atoms with Gasteiger partial charge in [-0.25, -0.2) is 15.0 Å². The largest absolute Gasteiger partial charge is 0.475 e. The molecule has 2 aromatic heterocycles. The standard InChI is InChI=1S/C19H19N5O2/c1-25-9-2-6-23-7-5-13-11-14(3-4-15(13)23)24-8-10-26-19-16-17(20-12-21-19)22-18(16)24/h3-5,7,11-12H,2,6,8-10H2,1H3. The summed E-state index contributed by atoms with van der Waals surface area (Å²) in [6.45, 7) is 3.03. The van der Waals surface area contributed by atoms with Crippen LogP contribution in [0.4, 0.5) is 11.5 Å². The number of ether oxygens (including phenoxy) is 2. The molecule has 0 amide bonds. The molecule has 7 heteroatoms. The molecule has 0 fully saturated rings. The third-order valence-corrected chi connectivity index (χ3v) is 4.85. The zero-order chi connectivity index (χ0) is 17.5. The van der Waals surface area contributed by atoms with Crippen LogP contribution in [0.5, 0.6) is 5.88 Å². The van der Waals surface area contributed by atoms with E-state index < -0.39 is 0 Å². The fourth-order valence-electron chi connectivity index (χ4n) is 3.57. The predicted molar refractivity (Wildman–Crippen MR) is 99.5 cm³/mol. The van der Waals surface area contributed by atoms with E-state index in [2.05, 4.69) is 54.9 Å². The van der Waals surface area contributed by atoms with Crippen LogP contribution in [-0.2, 0) is 11.3 Å². The first-order valence-electron chi connectivity index (χ1n) is 8.77. The maximum atomic E-state index is 5.77. The molecule has 0 bridgehead atoms. The van der Waals surface area contributed by atoms with Gasteiger partial charge in [0, 0.05) is 43.0 Å². The Morgan fingerprint density at radius 3 is 3.12 bits per heavy atom. The fourth-order valence-corrected chi connectivity index (χ4v) is 3.57. The third-order valence-electron chi connectivity index (χ3n) is 4.85. The highest BCUT2D eigenvalue weighted by Crippen LogP contribution is 2.38. The van der Waals surface area contributed by atoms with Crippen molar-refractivity contribution in [2.45, 2.75) is 13.0 Å². The number of fused-ring (bicyclic) bond motifs is 1. The van der Waals surface area contributed by atoms with E-state index in [-0.39, 0.29) is 0 Å². The summed E-state index contributed by atoms with van der Waals surface area (Å²) in [6.07, 6.45) is 4.64. The highest BCUT2D eigenvalue weighted by Gasteiger charge is 2.33. The van der Waals surface area contributed by atoms with E-state index in [4.69, 9.17) is 9.47 Å². The molecule has 0 atom stereocenters. The lowest BCUT2D eigenvalue weighted by Crippen LogP contribution is -2.35. The number of anilines is 1. The first-order chi connectivity index (χ1) is 12.8. The van der Waals surface area contributed by atoms with Crippen molar-refractivity contribution in [3.63, 3.8) is 0 Å². The molecule has 0 aliphatic carbocycles. The number of aryl methyl sites for hydroxylation is 1. The average Bonchev–Trinajstić information content (AvgIpc) is 2.94. The maximum Gasteiger partial charge on any atom is 0.230 e. The Balaban J connectivity index is 1.47. The van der Waals surface area contributed by atoms with Crippen LogP contribution in [0.15, 0.2) is 41.8 Å². The lowest BCUT2D eigenvalue weighted by Gasteiger charge is -2.28. The molecule has 2 aliphatic heterocycles. The van der Waals surface area contributed by atoms with Crippen LogP contribution < -0.4 is 9.64 Å². The number of benzene rings is 1. The van der Waals surface area contributed by atoms with Gasteiger partial charge in [0.25, 0.3) is 0 Å². The smallest absolute Gasteiger partial charge is 0.230 e. The molecule has 0 N–H and O–H groups in total. The van der Waals surface area contributed by atoms with E-state index >= 15 is 0 Å². The van der Waals surface area contributed by atoms with Crippen LogP contribution in [0, 0.1) is 0 Å². The van der Waals surface area contributed by atoms with Gasteiger partial charge in [-0.05, 0) is 30.7 Å². The predicted octanol–water partition coefficient (Wildman–Crippen LogP) is 2.76. The molecule has 0 radical (unpaired) electrons. The summed E-state index contributed by atoms with van der Waals surface area (Å²) in [6, 6.07) is 8.68. The second-order valence-corrected chi connectivity index (χ2v) is 6.41. The Kier molecular flexibility index (Phi) is 3.60. The van der Waals surface area contributed by atoms with Crippen LogP contribution in [0.3, 0.4) is 0 Å². The van der Waals surface area contributed by atoms with E-state index in [0.717, 1.165) is 43.2 Å². The summed E-state index contributed by atoms with van der Waals surface area (Å²) < 4.78 is 13.2. The number of methoxy groups -OCH3 is 1. The van der Waals surface area contributed by atoms with Gasteiger partial charge in [-0.3, -0.25) is 0 Å². The van der Waals surface area contributed by atoms with Crippen LogP contribution in [0.25, 0.3) is 10.9 Å². The molecule has 0 unspecified atom stereocenters. The molecule has 2 aliphatic rings. The van der Waals surface area contributed by atoms with Crippen molar-refractivity contribution in [1.29, 1.82) is 0 Å². The number of aromatic nitrogens is 3. The molecule has 0 spiro atoms. The molecule has 0 saturated carbocycles. The van der Waals surface area contributed by atoms with Gasteiger partial charge < -0.3 is 18.9 Å². The van der Waals surface area contributed by atoms with E-state index in [0.29, 0.717) is 18.3 Å². The van der Waals surface area contributed by atoms with Gasteiger partial charge in [0.1, 0.15) is 18.5 Å². The van der Waals surface area contributed by atoms with E-state index in [1.165, 1.54) is 17.2 Å². The molecule has 132 valence electrons. The highest BCUT2D eigenvalue weighted by molar-refractivity contribution is 6.20. The maximum absolute atomic E-state index is 5.77. The van der Waals surface area contributed by atoms with Crippen molar-refractivity contribution in [1.82, 2.24) is 14.5 Å². The molecule has 26 heavy (non-hydrogen) atoms. The Hall–Kier alpha value is -2.93. The third kappa shape index (κ3) is 2.35. The van der Waals surface area contributed by atoms with Gasteiger partial charge in [-0.1, -0.05) is 0 Å². The molecule has 5 rings (SSSR count). The van der Waals surface area contributed by atoms with E-state index in [1.54, 1.807) is 7.11 Å². The topological polar surface area (TPSA) is 64.8 Å². The number of amidine groups is 1. The summed E-state index contributed by atoms with van der Waals surface area (Å²) >= 11 is 0. The van der Waals surface area contributed by atoms with E-state index in [9.17, 15) is 0 Å². The number of nitrogens with zero attached hydrogens (tertiary/aromatic N) is 5. The Morgan fingerprint density at radius 1 is 1.23 bits per heavy atom. The summed E-state index contributed by atoms with van der Waals surface area (Å²) in [5, 5.41) is 1.22. The van der Waals surface area contributed by atoms with Gasteiger partial charge in [0.15, 0.2) is 11.7 Å². The monoisotopic (exact) mass is 349 g/mol. The molecular weight excluding hydrogens is 330 g/mol. The molecular formula is C19H19N5O2. The normalized spacial score (nSPS) is 15.1. The van der Waals surface area contributed by atoms with Gasteiger partial charge in [0.2, 0.25) is 5.88 Å². The van der Waals surface area contributed by atoms with Crippen molar-refractivity contribution >= 4 is 28.2 Å². The van der Waals surface area contributed by atoms with Crippen LogP contribution in [-0.4, -0.2) is 47.2 Å². The van der Waals surface area contributed by atoms with Gasteiger partial charge in [0.05, 0.1) is 6.54 Å². The van der Waals surface area contributed by atoms with Crippen molar-refractivity contribution in [3.05, 3.63) is 42.4 Å². The zero-order valence-corrected chi connectivity index (χ0v) is 14.6. The van der Waals surface area contributed by atoms with Gasteiger partial charge >= 0.3 is 0 Å². The Bertz CT molecular complexity index is 1010. The van der Waals surface area contributed by atoms with Crippen molar-refractivity contribution in [2.75, 3.05) is 31.8 Å². The SMILES string of the molecule is COCCCn1ccc2cc(N3CCOc4ncnc5c4C3=N5)ccc21. The van der Waals surface area contributed by atoms with Gasteiger partial charge in [-0.15, -0.1) is 0 Å². The fraction of sp³-hybridized carbons (Fsp3) is 0.316. The van der Waals surface area contributed by atoms with Gasteiger partial charge in [-0.2, -0.15) is 0 Å². The highest BCUT2D eigenvalue weighted by atomic mass is 16.5. The molecule has 0 saturated heterocycles. The first-order valence-corrected chi connectivity index (χ1v) is 8.77. The average molecular weight is 349 g/mol. The second-order valence-electron chi connectivity index (χ2n) is 6.41. The lowest BCUT2D eigenvalue weighted by atomic mass is 10.1. The minimum atomic E-state index is 0.568. The summed E-state index contributed by atoms with van der Waals surface area (Å²) in [5.41, 5.74) is 3.26. The minimum absolute atomic E-state index is 0.568. The van der Waals surface area contributed by atoms with Crippen LogP contribution in [0.1, 0.15) is 12.0 Å². The van der Waals surface area contributed by atoms with Crippen LogP contribution >= 0.6 is 0 Å². The Morgan fingerprint density at radius 2 is 2.19 bits per heavy atom. The second kappa shape index (κ2) is 6.10. The molecule has 4 heterocycles. The molecule has 3 aromatic rings. The summed E-state index contributed by atoms with van der Waals surface area (Å²) in [5.74, 6) is 2.24. The molecule has 7 nitrogen and oxygen atoms in total. The number of hydrogen-bond donors (Lipinski definition) is 0. The van der Waals surface area contributed by atoms with Crippen LogP contribution in [0.2, 0.25) is 0 Å². The Labute approximate surface area is 150 Å². The quantitative estimate of drug-likeness (QED) is 0.663. The van der Waals surface area contributed by atoms with E-state index in [1.807, 2.05) is 0 Å². The lowest BCUT2D eigenvalue weighted by molar-refractivity contribution is 0.190. The number of aliphatic imine (C=N–C) groups is 1. The minimum Gasteiger partial charge on any atom is -0.475 e. The first kappa shape index (κ1) is 15.3.